The highest BCUT2D eigenvalue weighted by Gasteiger charge is 2.27. The molecule has 1 N–H and O–H groups in total. The van der Waals surface area contributed by atoms with E-state index in [1.54, 1.807) is 0 Å². The lowest BCUT2D eigenvalue weighted by Gasteiger charge is -2.24. The van der Waals surface area contributed by atoms with Crippen molar-refractivity contribution in [3.05, 3.63) is 24.3 Å². The molecule has 0 saturated heterocycles. The fourth-order valence-electron chi connectivity index (χ4n) is 9.70. The average molecular weight is 1080 g/mol. The first-order chi connectivity index (χ1) is 36.5. The number of ether oxygens (including phenoxy) is 2. The summed E-state index contributed by atoms with van der Waals surface area (Å²) in [5, 5.41) is 0. The van der Waals surface area contributed by atoms with E-state index in [2.05, 4.69) is 38.2 Å². The minimum Gasteiger partial charge on any atom is -0.462 e. The third-order valence-electron chi connectivity index (χ3n) is 14.7. The number of likely N-dealkylation sites (N-methyl/N-ethyl adjacent to an activating group) is 1. The summed E-state index contributed by atoms with van der Waals surface area (Å²) in [6, 6.07) is 0. The second-order valence-electron chi connectivity index (χ2n) is 23.5. The van der Waals surface area contributed by atoms with Crippen LogP contribution in [0.15, 0.2) is 24.3 Å². The van der Waals surface area contributed by atoms with Crippen LogP contribution in [0.4, 0.5) is 0 Å². The summed E-state index contributed by atoms with van der Waals surface area (Å²) in [5.74, 6) is -0.776. The second kappa shape index (κ2) is 57.2. The van der Waals surface area contributed by atoms with Gasteiger partial charge in [0, 0.05) is 12.8 Å². The number of hydrogen-bond acceptors (Lipinski definition) is 7. The molecule has 0 aliphatic heterocycles. The van der Waals surface area contributed by atoms with Gasteiger partial charge in [0.15, 0.2) is 6.10 Å². The van der Waals surface area contributed by atoms with Gasteiger partial charge in [-0.05, 0) is 44.9 Å². The van der Waals surface area contributed by atoms with Gasteiger partial charge in [-0.1, -0.05) is 295 Å². The van der Waals surface area contributed by atoms with E-state index in [9.17, 15) is 19.0 Å². The van der Waals surface area contributed by atoms with E-state index < -0.39 is 26.5 Å². The fourth-order valence-corrected chi connectivity index (χ4v) is 10.4. The normalized spacial score (nSPS) is 13.3. The summed E-state index contributed by atoms with van der Waals surface area (Å²) < 4.78 is 34.7. The zero-order valence-corrected chi connectivity index (χ0v) is 51.5. The summed E-state index contributed by atoms with van der Waals surface area (Å²) in [6.07, 6.45) is 69.8. The zero-order valence-electron chi connectivity index (χ0n) is 50.6. The summed E-state index contributed by atoms with van der Waals surface area (Å²) in [7, 11) is 1.50. The molecule has 2 unspecified atom stereocenters. The molecule has 0 aromatic carbocycles. The van der Waals surface area contributed by atoms with Crippen LogP contribution in [0.1, 0.15) is 328 Å². The molecule has 75 heavy (non-hydrogen) atoms. The van der Waals surface area contributed by atoms with Crippen LogP contribution >= 0.6 is 7.82 Å². The topological polar surface area (TPSA) is 108 Å². The summed E-state index contributed by atoms with van der Waals surface area (Å²) >= 11 is 0. The molecule has 0 aliphatic carbocycles. The molecule has 0 saturated carbocycles. The molecule has 10 heteroatoms. The number of carbonyl (C=O) groups is 2. The quantitative estimate of drug-likeness (QED) is 0.0211. The molecule has 9 nitrogen and oxygen atoms in total. The highest BCUT2D eigenvalue weighted by Crippen LogP contribution is 2.43. The van der Waals surface area contributed by atoms with Crippen LogP contribution in [0.25, 0.3) is 0 Å². The van der Waals surface area contributed by atoms with Gasteiger partial charge >= 0.3 is 19.8 Å². The standard InChI is InChI=1S/C65H126NO8P/c1-6-8-10-12-14-16-18-20-22-24-26-28-30-32-33-34-36-38-40-42-44-46-48-50-52-54-56-58-65(68)74-63(62-73-75(69,70)72-60-59-66(3,4)5)61-71-64(67)57-55-53-51-49-47-45-43-41-39-37-35-31-29-27-25-23-21-19-17-15-13-11-9-7-2/h18,20,24,26,63H,6-17,19,21-23,25,27-62H2,1-5H3/p+1/b20-18-,26-24-. The first kappa shape index (κ1) is 73.5. The van der Waals surface area contributed by atoms with Gasteiger partial charge in [0.2, 0.25) is 0 Å². The molecular formula is C65H127NO8P+. The number of nitrogens with zero attached hydrogens (tertiary/aromatic N) is 1. The van der Waals surface area contributed by atoms with Gasteiger partial charge in [-0.15, -0.1) is 0 Å². The number of hydrogen-bond donors (Lipinski definition) is 1. The van der Waals surface area contributed by atoms with Crippen LogP contribution in [-0.4, -0.2) is 74.9 Å². The third-order valence-corrected chi connectivity index (χ3v) is 15.7. The van der Waals surface area contributed by atoms with Crippen molar-refractivity contribution in [1.29, 1.82) is 0 Å². The number of phosphoric acid groups is 1. The van der Waals surface area contributed by atoms with E-state index in [0.29, 0.717) is 23.9 Å². The Morgan fingerprint density at radius 3 is 1.05 bits per heavy atom. The van der Waals surface area contributed by atoms with Gasteiger partial charge in [0.1, 0.15) is 19.8 Å². The number of rotatable bonds is 61. The lowest BCUT2D eigenvalue weighted by atomic mass is 10.0. The highest BCUT2D eigenvalue weighted by molar-refractivity contribution is 7.47. The molecule has 0 radical (unpaired) electrons. The lowest BCUT2D eigenvalue weighted by Crippen LogP contribution is -2.37. The Labute approximate surface area is 466 Å². The minimum absolute atomic E-state index is 0.0351. The Bertz CT molecular complexity index is 1320. The molecule has 0 aromatic rings. The van der Waals surface area contributed by atoms with Crippen LogP contribution in [0.5, 0.6) is 0 Å². The van der Waals surface area contributed by atoms with Crippen molar-refractivity contribution >= 4 is 19.8 Å². The maximum atomic E-state index is 12.8. The maximum absolute atomic E-state index is 12.8. The van der Waals surface area contributed by atoms with Crippen molar-refractivity contribution in [3.8, 4) is 0 Å². The van der Waals surface area contributed by atoms with Gasteiger partial charge < -0.3 is 18.9 Å². The maximum Gasteiger partial charge on any atom is 0.472 e. The summed E-state index contributed by atoms with van der Waals surface area (Å²) in [5.41, 5.74) is 0. The van der Waals surface area contributed by atoms with E-state index in [0.717, 1.165) is 38.5 Å². The first-order valence-corrected chi connectivity index (χ1v) is 34.1. The minimum atomic E-state index is -4.38. The van der Waals surface area contributed by atoms with Crippen LogP contribution in [-0.2, 0) is 32.7 Å². The van der Waals surface area contributed by atoms with Crippen molar-refractivity contribution in [2.75, 3.05) is 47.5 Å². The first-order valence-electron chi connectivity index (χ1n) is 32.6. The van der Waals surface area contributed by atoms with Gasteiger partial charge in [0.05, 0.1) is 27.7 Å². The van der Waals surface area contributed by atoms with E-state index >= 15 is 0 Å². The Morgan fingerprint density at radius 1 is 0.413 bits per heavy atom. The number of carbonyl (C=O) groups excluding carboxylic acids is 2. The van der Waals surface area contributed by atoms with Crippen LogP contribution < -0.4 is 0 Å². The van der Waals surface area contributed by atoms with Crippen molar-refractivity contribution in [3.63, 3.8) is 0 Å². The Hall–Kier alpha value is -1.51. The van der Waals surface area contributed by atoms with Crippen molar-refractivity contribution in [2.24, 2.45) is 0 Å². The number of unbranched alkanes of at least 4 members (excludes halogenated alkanes) is 43. The number of esters is 2. The van der Waals surface area contributed by atoms with E-state index in [1.807, 2.05) is 21.1 Å². The number of allylic oxidation sites excluding steroid dienone is 4. The Balaban J connectivity index is 4.05. The Morgan fingerprint density at radius 2 is 0.720 bits per heavy atom. The molecule has 0 rings (SSSR count). The van der Waals surface area contributed by atoms with Crippen molar-refractivity contribution in [1.82, 2.24) is 0 Å². The summed E-state index contributed by atoms with van der Waals surface area (Å²) in [4.78, 5) is 35.8. The lowest BCUT2D eigenvalue weighted by molar-refractivity contribution is -0.870. The van der Waals surface area contributed by atoms with Gasteiger partial charge in [-0.2, -0.15) is 0 Å². The monoisotopic (exact) mass is 1080 g/mol. The molecule has 0 bridgehead atoms. The predicted octanol–water partition coefficient (Wildman–Crippen LogP) is 20.5. The van der Waals surface area contributed by atoms with Gasteiger partial charge in [-0.25, -0.2) is 4.57 Å². The molecular weight excluding hydrogens is 954 g/mol. The van der Waals surface area contributed by atoms with E-state index in [-0.39, 0.29) is 25.6 Å². The molecule has 0 aromatic heterocycles. The molecule has 0 aliphatic rings. The smallest absolute Gasteiger partial charge is 0.462 e. The zero-order chi connectivity index (χ0) is 54.9. The molecule has 2 atom stereocenters. The van der Waals surface area contributed by atoms with E-state index in [4.69, 9.17) is 18.5 Å². The predicted molar refractivity (Wildman–Crippen MR) is 321 cm³/mol. The van der Waals surface area contributed by atoms with Crippen LogP contribution in [0.3, 0.4) is 0 Å². The van der Waals surface area contributed by atoms with Crippen molar-refractivity contribution in [2.45, 2.75) is 335 Å². The van der Waals surface area contributed by atoms with Crippen LogP contribution in [0.2, 0.25) is 0 Å². The second-order valence-corrected chi connectivity index (χ2v) is 25.0. The summed E-state index contributed by atoms with van der Waals surface area (Å²) in [6.45, 7) is 4.49. The average Bonchev–Trinajstić information content (AvgIpc) is 3.37. The largest absolute Gasteiger partial charge is 0.472 e. The van der Waals surface area contributed by atoms with E-state index in [1.165, 1.54) is 257 Å². The molecule has 0 amide bonds. The molecule has 0 fully saturated rings. The molecule has 0 heterocycles. The number of phosphoric ester groups is 1. The highest BCUT2D eigenvalue weighted by atomic mass is 31.2. The fraction of sp³-hybridized carbons (Fsp3) is 0.908. The third kappa shape index (κ3) is 61.6. The Kier molecular flexibility index (Phi) is 56.0. The van der Waals surface area contributed by atoms with Crippen LogP contribution in [0, 0.1) is 0 Å². The van der Waals surface area contributed by atoms with Crippen molar-refractivity contribution < 1.29 is 42.1 Å². The SMILES string of the molecule is CCCCCCC/C=C\C/C=C\CCCCCCCCCCCCCCCCCC(=O)OC(COC(=O)CCCCCCCCCCCCCCCCCCCCCCCCCC)COP(=O)(O)OCC[N+](C)(C)C. The number of quaternary nitrogens is 1. The van der Waals surface area contributed by atoms with Gasteiger partial charge in [-0.3, -0.25) is 18.6 Å². The molecule has 0 spiro atoms. The molecule has 444 valence electrons. The van der Waals surface area contributed by atoms with Gasteiger partial charge in [0.25, 0.3) is 0 Å².